The second-order valence-corrected chi connectivity index (χ2v) is 5.36. The van der Waals surface area contributed by atoms with Crippen LogP contribution in [0, 0.1) is 0 Å². The molecule has 1 aromatic heterocycles. The van der Waals surface area contributed by atoms with E-state index in [1.165, 1.54) is 6.07 Å². The van der Waals surface area contributed by atoms with Crippen molar-refractivity contribution in [3.05, 3.63) is 48.5 Å². The topological polar surface area (TPSA) is 65.1 Å². The van der Waals surface area contributed by atoms with E-state index >= 15 is 0 Å². The van der Waals surface area contributed by atoms with Crippen LogP contribution >= 0.6 is 34.5 Å². The van der Waals surface area contributed by atoms with Crippen LogP contribution in [0.5, 0.6) is 5.75 Å². The van der Waals surface area contributed by atoms with Crippen molar-refractivity contribution < 1.29 is 5.11 Å². The molecule has 96 valence electrons. The maximum absolute atomic E-state index is 10.9. The summed E-state index contributed by atoms with van der Waals surface area (Å²) in [6.45, 7) is 0.909. The van der Waals surface area contributed by atoms with E-state index in [9.17, 15) is 9.90 Å². The predicted molar refractivity (Wildman–Crippen MR) is 73.6 cm³/mol. The van der Waals surface area contributed by atoms with E-state index in [2.05, 4.69) is 10.3 Å². The number of halogens is 2. The van der Waals surface area contributed by atoms with Crippen LogP contribution in [0.25, 0.3) is 0 Å². The van der Waals surface area contributed by atoms with Gasteiger partial charge >= 0.3 is 4.87 Å². The largest absolute Gasteiger partial charge is 0.506 e. The van der Waals surface area contributed by atoms with Gasteiger partial charge in [-0.05, 0) is 12.1 Å². The molecule has 0 saturated carbocycles. The lowest BCUT2D eigenvalue weighted by Gasteiger charge is -2.08. The van der Waals surface area contributed by atoms with Crippen molar-refractivity contribution in [2.45, 2.75) is 13.1 Å². The van der Waals surface area contributed by atoms with Crippen molar-refractivity contribution in [1.29, 1.82) is 0 Å². The van der Waals surface area contributed by atoms with E-state index in [-0.39, 0.29) is 15.6 Å². The van der Waals surface area contributed by atoms with E-state index in [1.54, 1.807) is 11.4 Å². The van der Waals surface area contributed by atoms with Gasteiger partial charge in [0.25, 0.3) is 0 Å². The molecule has 2 rings (SSSR count). The van der Waals surface area contributed by atoms with E-state index in [1.807, 2.05) is 0 Å². The minimum absolute atomic E-state index is 0.0207. The highest BCUT2D eigenvalue weighted by atomic mass is 35.5. The normalized spacial score (nSPS) is 10.8. The van der Waals surface area contributed by atoms with Gasteiger partial charge in [-0.1, -0.05) is 34.5 Å². The fourth-order valence-electron chi connectivity index (χ4n) is 1.49. The molecule has 0 radical (unpaired) electrons. The molecular formula is C11H10Cl2N2O2S. The van der Waals surface area contributed by atoms with E-state index in [4.69, 9.17) is 23.2 Å². The maximum atomic E-state index is 10.9. The number of phenolic OH excluding ortho intramolecular Hbond substituents is 1. The molecule has 18 heavy (non-hydrogen) atoms. The van der Waals surface area contributed by atoms with E-state index in [0.29, 0.717) is 23.7 Å². The maximum Gasteiger partial charge on any atom is 0.304 e. The van der Waals surface area contributed by atoms with Crippen LogP contribution in [-0.2, 0) is 13.1 Å². The van der Waals surface area contributed by atoms with E-state index < -0.39 is 0 Å². The molecule has 0 saturated heterocycles. The number of aromatic hydroxyl groups is 1. The number of aromatic amines is 1. The third-order valence-corrected chi connectivity index (χ3v) is 3.53. The second-order valence-electron chi connectivity index (χ2n) is 3.67. The second kappa shape index (κ2) is 5.75. The summed E-state index contributed by atoms with van der Waals surface area (Å²) in [7, 11) is 0. The fourth-order valence-corrected chi connectivity index (χ4v) is 2.60. The highest BCUT2D eigenvalue weighted by Gasteiger charge is 2.07. The Balaban J connectivity index is 2.00. The summed E-state index contributed by atoms with van der Waals surface area (Å²) >= 11 is 12.8. The number of phenols is 1. The van der Waals surface area contributed by atoms with Crippen LogP contribution in [0.3, 0.4) is 0 Å². The minimum atomic E-state index is -0.0829. The van der Waals surface area contributed by atoms with Gasteiger partial charge in [0.15, 0.2) is 0 Å². The number of H-pyrrole nitrogens is 1. The Morgan fingerprint density at radius 1 is 1.33 bits per heavy atom. The number of nitrogens with one attached hydrogen (secondary N) is 2. The summed E-state index contributed by atoms with van der Waals surface area (Å²) in [6, 6.07) is 3.13. The molecule has 0 spiro atoms. The molecule has 0 aliphatic heterocycles. The van der Waals surface area contributed by atoms with Crippen LogP contribution in [0.1, 0.15) is 11.3 Å². The average Bonchev–Trinajstić information content (AvgIpc) is 2.71. The molecule has 3 N–H and O–H groups in total. The molecule has 0 bridgehead atoms. The van der Waals surface area contributed by atoms with Crippen LogP contribution in [-0.4, -0.2) is 10.1 Å². The highest BCUT2D eigenvalue weighted by Crippen LogP contribution is 2.30. The van der Waals surface area contributed by atoms with Gasteiger partial charge in [0.1, 0.15) is 5.75 Å². The summed E-state index contributed by atoms with van der Waals surface area (Å²) < 4.78 is 0. The van der Waals surface area contributed by atoms with Crippen LogP contribution < -0.4 is 10.2 Å². The lowest BCUT2D eigenvalue weighted by molar-refractivity contribution is 0.464. The van der Waals surface area contributed by atoms with Crippen molar-refractivity contribution in [2.75, 3.05) is 0 Å². The molecule has 0 fully saturated rings. The monoisotopic (exact) mass is 304 g/mol. The third-order valence-electron chi connectivity index (χ3n) is 2.31. The summed E-state index contributed by atoms with van der Waals surface area (Å²) in [5, 5.41) is 15.3. The summed E-state index contributed by atoms with van der Waals surface area (Å²) in [4.78, 5) is 13.5. The molecule has 0 atom stereocenters. The molecular weight excluding hydrogens is 295 g/mol. The molecule has 4 nitrogen and oxygen atoms in total. The number of benzene rings is 1. The van der Waals surface area contributed by atoms with Gasteiger partial charge in [-0.2, -0.15) is 0 Å². The standard InChI is InChI=1S/C11H10Cl2N2O2S/c12-7-1-6(10(16)9(13)2-7)3-14-4-8-5-18-11(17)15-8/h1-2,5,14,16H,3-4H2,(H,15,17). The molecule has 0 unspecified atom stereocenters. The minimum Gasteiger partial charge on any atom is -0.506 e. The first-order chi connectivity index (χ1) is 8.56. The number of hydrogen-bond acceptors (Lipinski definition) is 4. The van der Waals surface area contributed by atoms with Crippen LogP contribution in [0.4, 0.5) is 0 Å². The third kappa shape index (κ3) is 3.26. The average molecular weight is 305 g/mol. The Kier molecular flexibility index (Phi) is 4.29. The van der Waals surface area contributed by atoms with Crippen molar-refractivity contribution >= 4 is 34.5 Å². The lowest BCUT2D eigenvalue weighted by Crippen LogP contribution is -2.14. The van der Waals surface area contributed by atoms with Gasteiger partial charge in [-0.3, -0.25) is 4.79 Å². The summed E-state index contributed by atoms with van der Waals surface area (Å²) in [5.41, 5.74) is 1.42. The Labute approximate surface area is 117 Å². The molecule has 1 heterocycles. The SMILES string of the molecule is O=c1[nH]c(CNCc2cc(Cl)cc(Cl)c2O)cs1. The Bertz CT molecular complexity index is 609. The molecule has 0 amide bonds. The zero-order valence-corrected chi connectivity index (χ0v) is 11.5. The van der Waals surface area contributed by atoms with Crippen molar-refractivity contribution in [2.24, 2.45) is 0 Å². The van der Waals surface area contributed by atoms with Crippen molar-refractivity contribution in [3.8, 4) is 5.75 Å². The van der Waals surface area contributed by atoms with Crippen LogP contribution in [0.2, 0.25) is 10.0 Å². The van der Waals surface area contributed by atoms with E-state index in [0.717, 1.165) is 17.0 Å². The fraction of sp³-hybridized carbons (Fsp3) is 0.182. The summed E-state index contributed by atoms with van der Waals surface area (Å²) in [6.07, 6.45) is 0. The number of thiazole rings is 1. The Morgan fingerprint density at radius 3 is 2.78 bits per heavy atom. The predicted octanol–water partition coefficient (Wildman–Crippen LogP) is 2.74. The molecule has 7 heteroatoms. The van der Waals surface area contributed by atoms with Gasteiger partial charge in [-0.25, -0.2) is 0 Å². The Hall–Kier alpha value is -1.01. The first-order valence-corrected chi connectivity index (χ1v) is 6.74. The van der Waals surface area contributed by atoms with Gasteiger partial charge in [0.2, 0.25) is 0 Å². The molecule has 1 aromatic carbocycles. The first-order valence-electron chi connectivity index (χ1n) is 5.10. The first kappa shape index (κ1) is 13.4. The Morgan fingerprint density at radius 2 is 2.11 bits per heavy atom. The number of hydrogen-bond donors (Lipinski definition) is 3. The molecule has 0 aliphatic rings. The quantitative estimate of drug-likeness (QED) is 0.814. The zero-order chi connectivity index (χ0) is 13.1. The van der Waals surface area contributed by atoms with Crippen molar-refractivity contribution in [3.63, 3.8) is 0 Å². The van der Waals surface area contributed by atoms with Gasteiger partial charge < -0.3 is 15.4 Å². The highest BCUT2D eigenvalue weighted by molar-refractivity contribution is 7.07. The molecule has 0 aliphatic carbocycles. The molecule has 2 aromatic rings. The zero-order valence-electron chi connectivity index (χ0n) is 9.17. The lowest BCUT2D eigenvalue weighted by atomic mass is 10.2. The smallest absolute Gasteiger partial charge is 0.304 e. The van der Waals surface area contributed by atoms with Gasteiger partial charge in [-0.15, -0.1) is 0 Å². The summed E-state index contributed by atoms with van der Waals surface area (Å²) in [5.74, 6) is 0.0207. The van der Waals surface area contributed by atoms with Gasteiger partial charge in [0, 0.05) is 34.7 Å². The van der Waals surface area contributed by atoms with Crippen LogP contribution in [0.15, 0.2) is 22.3 Å². The van der Waals surface area contributed by atoms with Gasteiger partial charge in [0.05, 0.1) is 5.02 Å². The number of rotatable bonds is 4. The van der Waals surface area contributed by atoms with Crippen molar-refractivity contribution in [1.82, 2.24) is 10.3 Å². The number of aromatic nitrogens is 1.